The van der Waals surface area contributed by atoms with Gasteiger partial charge < -0.3 is 20.5 Å². The van der Waals surface area contributed by atoms with Crippen LogP contribution in [0.2, 0.25) is 0 Å². The average molecular weight is 511 g/mol. The van der Waals surface area contributed by atoms with Gasteiger partial charge in [-0.1, -0.05) is 38.5 Å². The second kappa shape index (κ2) is 13.7. The molecule has 0 aliphatic heterocycles. The van der Waals surface area contributed by atoms with E-state index in [4.69, 9.17) is 4.74 Å². The Morgan fingerprint density at radius 2 is 1.72 bits per heavy atom. The van der Waals surface area contributed by atoms with Gasteiger partial charge in [-0.05, 0) is 68.1 Å². The fourth-order valence-corrected chi connectivity index (χ4v) is 4.95. The molecular formula is C28H34N2O5S. The Labute approximate surface area is 216 Å². The number of unbranched alkanes of at least 4 members (excludes halogenated alkanes) is 1. The van der Waals surface area contributed by atoms with Gasteiger partial charge in [0.05, 0.1) is 23.7 Å². The molecule has 0 fully saturated rings. The van der Waals surface area contributed by atoms with Crippen LogP contribution in [0.3, 0.4) is 0 Å². The van der Waals surface area contributed by atoms with Crippen LogP contribution in [0, 0.1) is 11.8 Å². The fraction of sp³-hybridized carbons (Fsp3) is 0.393. The van der Waals surface area contributed by atoms with Gasteiger partial charge in [0.25, 0.3) is 0 Å². The number of thioether (sulfide) groups is 1. The van der Waals surface area contributed by atoms with Crippen molar-refractivity contribution in [2.45, 2.75) is 56.1 Å². The van der Waals surface area contributed by atoms with E-state index in [-0.39, 0.29) is 17.1 Å². The summed E-state index contributed by atoms with van der Waals surface area (Å²) in [6.07, 6.45) is 7.12. The molecule has 2 amide bonds. The summed E-state index contributed by atoms with van der Waals surface area (Å²) in [5.41, 5.74) is 1.29. The Morgan fingerprint density at radius 3 is 2.39 bits per heavy atom. The number of rotatable bonds is 12. The summed E-state index contributed by atoms with van der Waals surface area (Å²) < 4.78 is 5.67. The predicted octanol–water partition coefficient (Wildman–Crippen LogP) is 5.98. The zero-order valence-corrected chi connectivity index (χ0v) is 21.6. The van der Waals surface area contributed by atoms with Crippen LogP contribution in [0.4, 0.5) is 11.4 Å². The van der Waals surface area contributed by atoms with Gasteiger partial charge in [-0.25, -0.2) is 0 Å². The van der Waals surface area contributed by atoms with E-state index in [0.29, 0.717) is 37.2 Å². The number of carbonyl (C=O) groups is 3. The van der Waals surface area contributed by atoms with Crippen molar-refractivity contribution in [2.24, 2.45) is 11.8 Å². The highest BCUT2D eigenvalue weighted by Gasteiger charge is 2.34. The minimum absolute atomic E-state index is 0.102. The zero-order chi connectivity index (χ0) is 25.9. The second-order valence-electron chi connectivity index (χ2n) is 8.74. The van der Waals surface area contributed by atoms with Gasteiger partial charge in [0.1, 0.15) is 5.75 Å². The van der Waals surface area contributed by atoms with Crippen LogP contribution in [0.15, 0.2) is 65.6 Å². The molecule has 3 N–H and O–H groups in total. The predicted molar refractivity (Wildman–Crippen MR) is 143 cm³/mol. The highest BCUT2D eigenvalue weighted by molar-refractivity contribution is 8.00. The Hall–Kier alpha value is -3.26. The normalized spacial score (nSPS) is 17.7. The molecule has 0 radical (unpaired) electrons. The number of hydrogen-bond donors (Lipinski definition) is 3. The third-order valence-corrected chi connectivity index (χ3v) is 7.38. The topological polar surface area (TPSA) is 105 Å². The lowest BCUT2D eigenvalue weighted by molar-refractivity contribution is -0.146. The number of carboxylic acids is 1. The first-order chi connectivity index (χ1) is 17.4. The molecule has 3 rings (SSSR count). The van der Waals surface area contributed by atoms with Crippen LogP contribution >= 0.6 is 11.8 Å². The van der Waals surface area contributed by atoms with Crippen LogP contribution < -0.4 is 15.4 Å². The molecule has 7 nitrogen and oxygen atoms in total. The minimum atomic E-state index is -0.959. The smallest absolute Gasteiger partial charge is 0.307 e. The van der Waals surface area contributed by atoms with Crippen LogP contribution in [0.1, 0.15) is 46.0 Å². The number of ether oxygens (including phenoxy) is 1. The van der Waals surface area contributed by atoms with Gasteiger partial charge in [-0.2, -0.15) is 0 Å². The molecule has 0 aromatic heterocycles. The summed E-state index contributed by atoms with van der Waals surface area (Å²) in [5.74, 6) is -1.92. The summed E-state index contributed by atoms with van der Waals surface area (Å²) in [5, 5.41) is 14.9. The van der Waals surface area contributed by atoms with Crippen molar-refractivity contribution in [1.29, 1.82) is 0 Å². The summed E-state index contributed by atoms with van der Waals surface area (Å²) >= 11 is 1.42. The molecule has 192 valence electrons. The SMILES string of the molecule is CCCCOc1ccc(NC(=O)C(CC)Sc2cccc(NC(=O)C3CC=CCC3C(=O)O)c2)cc1. The Balaban J connectivity index is 1.58. The summed E-state index contributed by atoms with van der Waals surface area (Å²) in [6, 6.07) is 14.6. The number of benzene rings is 2. The van der Waals surface area contributed by atoms with E-state index in [1.165, 1.54) is 11.8 Å². The molecule has 1 aliphatic rings. The number of aliphatic carboxylic acids is 1. The maximum Gasteiger partial charge on any atom is 0.307 e. The molecule has 0 heterocycles. The first-order valence-electron chi connectivity index (χ1n) is 12.4. The molecule has 0 bridgehead atoms. The van der Waals surface area contributed by atoms with Crippen molar-refractivity contribution in [2.75, 3.05) is 17.2 Å². The first kappa shape index (κ1) is 27.3. The van der Waals surface area contributed by atoms with E-state index in [2.05, 4.69) is 17.6 Å². The second-order valence-corrected chi connectivity index (χ2v) is 10.0. The number of anilines is 2. The Kier molecular flexibility index (Phi) is 10.4. The summed E-state index contributed by atoms with van der Waals surface area (Å²) in [4.78, 5) is 38.1. The van der Waals surface area contributed by atoms with E-state index in [9.17, 15) is 19.5 Å². The third kappa shape index (κ3) is 7.88. The highest BCUT2D eigenvalue weighted by Crippen LogP contribution is 2.31. The quantitative estimate of drug-likeness (QED) is 0.184. The number of carboxylic acid groups (broad SMARTS) is 1. The van der Waals surface area contributed by atoms with Crippen LogP contribution in [0.5, 0.6) is 5.75 Å². The van der Waals surface area contributed by atoms with Gasteiger partial charge in [-0.15, -0.1) is 11.8 Å². The molecule has 1 aliphatic carbocycles. The van der Waals surface area contributed by atoms with Gasteiger partial charge >= 0.3 is 5.97 Å². The number of allylic oxidation sites excluding steroid dienone is 2. The number of nitrogens with one attached hydrogen (secondary N) is 2. The molecule has 3 atom stereocenters. The molecule has 2 aromatic rings. The molecule has 2 aromatic carbocycles. The van der Waals surface area contributed by atoms with Crippen LogP contribution in [0.25, 0.3) is 0 Å². The Morgan fingerprint density at radius 1 is 1.00 bits per heavy atom. The lowest BCUT2D eigenvalue weighted by Crippen LogP contribution is -2.34. The van der Waals surface area contributed by atoms with Crippen molar-refractivity contribution in [1.82, 2.24) is 0 Å². The maximum absolute atomic E-state index is 12.9. The zero-order valence-electron chi connectivity index (χ0n) is 20.7. The molecule has 8 heteroatoms. The molecule has 0 saturated heterocycles. The van der Waals surface area contributed by atoms with Crippen LogP contribution in [-0.2, 0) is 14.4 Å². The lowest BCUT2D eigenvalue weighted by Gasteiger charge is -2.24. The van der Waals surface area contributed by atoms with Crippen molar-refractivity contribution in [3.63, 3.8) is 0 Å². The van der Waals surface area contributed by atoms with Crippen molar-refractivity contribution in [3.05, 3.63) is 60.7 Å². The first-order valence-corrected chi connectivity index (χ1v) is 13.3. The largest absolute Gasteiger partial charge is 0.494 e. The molecule has 0 spiro atoms. The van der Waals surface area contributed by atoms with Crippen molar-refractivity contribution in [3.8, 4) is 5.75 Å². The third-order valence-electron chi connectivity index (χ3n) is 6.02. The summed E-state index contributed by atoms with van der Waals surface area (Å²) in [6.45, 7) is 4.74. The number of hydrogen-bond acceptors (Lipinski definition) is 5. The van der Waals surface area contributed by atoms with Crippen LogP contribution in [-0.4, -0.2) is 34.7 Å². The highest BCUT2D eigenvalue weighted by atomic mass is 32.2. The van der Waals surface area contributed by atoms with E-state index >= 15 is 0 Å². The van der Waals surface area contributed by atoms with Gasteiger partial charge in [0.15, 0.2) is 0 Å². The molecular weight excluding hydrogens is 476 g/mol. The summed E-state index contributed by atoms with van der Waals surface area (Å²) in [7, 11) is 0. The standard InChI is InChI=1S/C28H34N2O5S/c1-3-5-17-35-21-15-13-19(14-16-21)29-27(32)25(4-2)36-22-10-8-9-20(18-22)30-26(31)23-11-6-7-12-24(23)28(33)34/h6-10,13-16,18,23-25H,3-5,11-12,17H2,1-2H3,(H,29,32)(H,30,31)(H,33,34). The Bertz CT molecular complexity index is 1070. The number of amides is 2. The van der Waals surface area contributed by atoms with E-state index < -0.39 is 17.8 Å². The molecule has 3 unspecified atom stereocenters. The van der Waals surface area contributed by atoms with E-state index in [1.54, 1.807) is 6.07 Å². The van der Waals surface area contributed by atoms with Crippen molar-refractivity contribution < 1.29 is 24.2 Å². The van der Waals surface area contributed by atoms with Gasteiger partial charge in [-0.3, -0.25) is 14.4 Å². The minimum Gasteiger partial charge on any atom is -0.494 e. The van der Waals surface area contributed by atoms with E-state index in [0.717, 1.165) is 23.5 Å². The molecule has 0 saturated carbocycles. The fourth-order valence-electron chi connectivity index (χ4n) is 3.94. The van der Waals surface area contributed by atoms with Gasteiger partial charge in [0, 0.05) is 16.3 Å². The van der Waals surface area contributed by atoms with Gasteiger partial charge in [0.2, 0.25) is 11.8 Å². The monoisotopic (exact) mass is 510 g/mol. The maximum atomic E-state index is 12.9. The van der Waals surface area contributed by atoms with E-state index in [1.807, 2.05) is 61.5 Å². The lowest BCUT2D eigenvalue weighted by atomic mass is 9.82. The number of carbonyl (C=O) groups excluding carboxylic acids is 2. The van der Waals surface area contributed by atoms with Crippen molar-refractivity contribution >= 4 is 40.9 Å². The average Bonchev–Trinajstić information content (AvgIpc) is 2.88. The molecule has 36 heavy (non-hydrogen) atoms.